The molecule has 0 aliphatic rings. The summed E-state index contributed by atoms with van der Waals surface area (Å²) in [7, 11) is 0. The fourth-order valence-corrected chi connectivity index (χ4v) is 0.883. The molecule has 0 aromatic carbocycles. The quantitative estimate of drug-likeness (QED) is 0.824. The zero-order valence-corrected chi connectivity index (χ0v) is 7.95. The van der Waals surface area contributed by atoms with Crippen molar-refractivity contribution < 1.29 is 23.1 Å². The molecule has 0 amide bonds. The van der Waals surface area contributed by atoms with Gasteiger partial charge in [0.2, 0.25) is 5.95 Å². The van der Waals surface area contributed by atoms with Crippen molar-refractivity contribution in [1.82, 2.24) is 9.97 Å². The Morgan fingerprint density at radius 1 is 1.50 bits per heavy atom. The average Bonchev–Trinajstić information content (AvgIpc) is 2.16. The highest BCUT2D eigenvalue weighted by Gasteiger charge is 2.32. The molecular weight excluding hydrogens is 227 g/mol. The lowest BCUT2D eigenvalue weighted by atomic mass is 10.4. The minimum atomic E-state index is -4.54. The molecular formula is C8H8F3N3O2. The highest BCUT2D eigenvalue weighted by Crippen LogP contribution is 2.27. The molecule has 0 fully saturated rings. The number of carbonyl (C=O) groups is 1. The summed E-state index contributed by atoms with van der Waals surface area (Å²) in [5, 5.41) is 10.7. The molecule has 0 atom stereocenters. The maximum Gasteiger partial charge on any atom is 0.433 e. The van der Waals surface area contributed by atoms with E-state index in [0.29, 0.717) is 0 Å². The second-order valence-corrected chi connectivity index (χ2v) is 2.83. The highest BCUT2D eigenvalue weighted by atomic mass is 19.4. The summed E-state index contributed by atoms with van der Waals surface area (Å²) in [5.74, 6) is -1.30. The third-order valence-electron chi connectivity index (χ3n) is 1.57. The number of hydrogen-bond donors (Lipinski definition) is 2. The van der Waals surface area contributed by atoms with Crippen LogP contribution in [0.4, 0.5) is 19.1 Å². The van der Waals surface area contributed by atoms with Crippen LogP contribution >= 0.6 is 0 Å². The summed E-state index contributed by atoms with van der Waals surface area (Å²) in [6.45, 7) is -0.0311. The first kappa shape index (κ1) is 12.2. The molecule has 0 spiro atoms. The Bertz CT molecular complexity index is 381. The monoisotopic (exact) mass is 235 g/mol. The molecule has 1 heterocycles. The van der Waals surface area contributed by atoms with E-state index >= 15 is 0 Å². The summed E-state index contributed by atoms with van der Waals surface area (Å²) < 4.78 is 36.6. The number of carboxylic acid groups (broad SMARTS) is 1. The first-order chi connectivity index (χ1) is 7.39. The topological polar surface area (TPSA) is 75.1 Å². The van der Waals surface area contributed by atoms with Crippen molar-refractivity contribution in [3.05, 3.63) is 18.0 Å². The lowest BCUT2D eigenvalue weighted by molar-refractivity contribution is -0.141. The largest absolute Gasteiger partial charge is 0.481 e. The van der Waals surface area contributed by atoms with E-state index in [0.717, 1.165) is 12.3 Å². The Labute approximate surface area is 88.3 Å². The zero-order chi connectivity index (χ0) is 12.2. The lowest BCUT2D eigenvalue weighted by Crippen LogP contribution is -2.13. The molecule has 0 radical (unpaired) electrons. The normalized spacial score (nSPS) is 11.2. The fraction of sp³-hybridized carbons (Fsp3) is 0.375. The van der Waals surface area contributed by atoms with Crippen molar-refractivity contribution in [3.63, 3.8) is 0 Å². The van der Waals surface area contributed by atoms with Crippen molar-refractivity contribution in [1.29, 1.82) is 0 Å². The number of aliphatic carboxylic acids is 1. The predicted molar refractivity (Wildman–Crippen MR) is 47.8 cm³/mol. The van der Waals surface area contributed by atoms with Crippen LogP contribution in [0.15, 0.2) is 12.3 Å². The second-order valence-electron chi connectivity index (χ2n) is 2.83. The van der Waals surface area contributed by atoms with Gasteiger partial charge < -0.3 is 10.4 Å². The Kier molecular flexibility index (Phi) is 3.64. The maximum absolute atomic E-state index is 12.2. The van der Waals surface area contributed by atoms with Crippen LogP contribution in [0.3, 0.4) is 0 Å². The molecule has 0 saturated heterocycles. The summed E-state index contributed by atoms with van der Waals surface area (Å²) in [6, 6.07) is 0.738. The number of aromatic nitrogens is 2. The highest BCUT2D eigenvalue weighted by molar-refractivity contribution is 5.67. The molecule has 1 aromatic heterocycles. The van der Waals surface area contributed by atoms with E-state index < -0.39 is 17.8 Å². The van der Waals surface area contributed by atoms with Crippen molar-refractivity contribution in [2.75, 3.05) is 11.9 Å². The van der Waals surface area contributed by atoms with Gasteiger partial charge in [-0.2, -0.15) is 13.2 Å². The number of nitrogens with zero attached hydrogens (tertiary/aromatic N) is 2. The molecule has 5 nitrogen and oxygen atoms in total. The summed E-state index contributed by atoms with van der Waals surface area (Å²) in [5.41, 5.74) is -1.07. The third kappa shape index (κ3) is 3.71. The van der Waals surface area contributed by atoms with E-state index in [2.05, 4.69) is 15.3 Å². The fourth-order valence-electron chi connectivity index (χ4n) is 0.883. The first-order valence-electron chi connectivity index (χ1n) is 4.25. The van der Waals surface area contributed by atoms with Crippen molar-refractivity contribution >= 4 is 11.9 Å². The van der Waals surface area contributed by atoms with Crippen LogP contribution in [0.1, 0.15) is 12.1 Å². The van der Waals surface area contributed by atoms with E-state index in [1.807, 2.05) is 0 Å². The Hall–Kier alpha value is -1.86. The molecule has 0 saturated carbocycles. The summed E-state index contributed by atoms with van der Waals surface area (Å²) in [4.78, 5) is 16.9. The number of rotatable bonds is 4. The number of halogens is 3. The van der Waals surface area contributed by atoms with Crippen LogP contribution in [-0.4, -0.2) is 27.6 Å². The molecule has 88 valence electrons. The van der Waals surface area contributed by atoms with Crippen LogP contribution < -0.4 is 5.32 Å². The van der Waals surface area contributed by atoms with E-state index in [1.54, 1.807) is 0 Å². The van der Waals surface area contributed by atoms with E-state index in [4.69, 9.17) is 5.11 Å². The van der Waals surface area contributed by atoms with E-state index in [-0.39, 0.29) is 18.9 Å². The van der Waals surface area contributed by atoms with Gasteiger partial charge in [-0.3, -0.25) is 4.79 Å². The minimum absolute atomic E-state index is 0.0311. The molecule has 8 heteroatoms. The van der Waals surface area contributed by atoms with Gasteiger partial charge in [-0.15, -0.1) is 0 Å². The van der Waals surface area contributed by atoms with Gasteiger partial charge in [0.1, 0.15) is 5.69 Å². The maximum atomic E-state index is 12.2. The van der Waals surface area contributed by atoms with Crippen LogP contribution in [0.2, 0.25) is 0 Å². The Morgan fingerprint density at radius 2 is 2.19 bits per heavy atom. The molecule has 1 rings (SSSR count). The standard InChI is InChI=1S/C8H8F3N3O2/c9-8(10,11)5-1-3-12-7(14-5)13-4-2-6(15)16/h1,3H,2,4H2,(H,15,16)(H,12,13,14). The van der Waals surface area contributed by atoms with Gasteiger partial charge in [0.05, 0.1) is 6.42 Å². The second kappa shape index (κ2) is 4.77. The SMILES string of the molecule is O=C(O)CCNc1nccc(C(F)(F)F)n1. The zero-order valence-electron chi connectivity index (χ0n) is 7.95. The van der Waals surface area contributed by atoms with Crippen molar-refractivity contribution in [2.24, 2.45) is 0 Å². The van der Waals surface area contributed by atoms with Gasteiger partial charge in [-0.05, 0) is 6.07 Å². The van der Waals surface area contributed by atoms with Gasteiger partial charge >= 0.3 is 12.1 Å². The smallest absolute Gasteiger partial charge is 0.433 e. The number of nitrogens with one attached hydrogen (secondary N) is 1. The van der Waals surface area contributed by atoms with Gasteiger partial charge in [0.25, 0.3) is 0 Å². The van der Waals surface area contributed by atoms with Crippen LogP contribution in [0, 0.1) is 0 Å². The van der Waals surface area contributed by atoms with Crippen molar-refractivity contribution in [3.8, 4) is 0 Å². The minimum Gasteiger partial charge on any atom is -0.481 e. The molecule has 0 aliphatic heterocycles. The molecule has 0 aliphatic carbocycles. The van der Waals surface area contributed by atoms with Crippen LogP contribution in [0.5, 0.6) is 0 Å². The molecule has 16 heavy (non-hydrogen) atoms. The van der Waals surface area contributed by atoms with Crippen LogP contribution in [0.25, 0.3) is 0 Å². The van der Waals surface area contributed by atoms with Crippen LogP contribution in [-0.2, 0) is 11.0 Å². The van der Waals surface area contributed by atoms with Gasteiger partial charge in [0, 0.05) is 12.7 Å². The first-order valence-corrected chi connectivity index (χ1v) is 4.25. The summed E-state index contributed by atoms with van der Waals surface area (Å²) in [6.07, 6.45) is -3.80. The number of anilines is 1. The number of hydrogen-bond acceptors (Lipinski definition) is 4. The van der Waals surface area contributed by atoms with E-state index in [9.17, 15) is 18.0 Å². The average molecular weight is 235 g/mol. The molecule has 2 N–H and O–H groups in total. The van der Waals surface area contributed by atoms with E-state index in [1.165, 1.54) is 0 Å². The number of carboxylic acids is 1. The number of alkyl halides is 3. The van der Waals surface area contributed by atoms with Gasteiger partial charge in [0.15, 0.2) is 0 Å². The Morgan fingerprint density at radius 3 is 2.75 bits per heavy atom. The predicted octanol–water partition coefficient (Wildman–Crippen LogP) is 1.38. The molecule has 0 unspecified atom stereocenters. The van der Waals surface area contributed by atoms with Crippen molar-refractivity contribution in [2.45, 2.75) is 12.6 Å². The third-order valence-corrected chi connectivity index (χ3v) is 1.57. The summed E-state index contributed by atoms with van der Waals surface area (Å²) >= 11 is 0. The molecule has 1 aromatic rings. The molecule has 0 bridgehead atoms. The van der Waals surface area contributed by atoms with Gasteiger partial charge in [-0.25, -0.2) is 9.97 Å². The lowest BCUT2D eigenvalue weighted by Gasteiger charge is -2.07. The van der Waals surface area contributed by atoms with Gasteiger partial charge in [-0.1, -0.05) is 0 Å². The Balaban J connectivity index is 2.64.